The van der Waals surface area contributed by atoms with Gasteiger partial charge in [-0.1, -0.05) is 0 Å². The quantitative estimate of drug-likeness (QED) is 0.0514. The van der Waals surface area contributed by atoms with E-state index in [1.807, 2.05) is 38.0 Å². The van der Waals surface area contributed by atoms with E-state index in [9.17, 15) is 39.4 Å². The van der Waals surface area contributed by atoms with Crippen molar-refractivity contribution in [2.45, 2.75) is 45.2 Å². The van der Waals surface area contributed by atoms with Crippen molar-refractivity contribution >= 4 is 46.4 Å². The summed E-state index contributed by atoms with van der Waals surface area (Å²) in [5.74, 6) is -1.77. The molecular formula is C37H52N12O8. The van der Waals surface area contributed by atoms with Crippen LogP contribution in [0.4, 0.5) is 22.7 Å². The van der Waals surface area contributed by atoms with E-state index in [-0.39, 0.29) is 47.7 Å². The lowest BCUT2D eigenvalue weighted by molar-refractivity contribution is -0.385. The number of amides is 4. The molecule has 0 aliphatic carbocycles. The summed E-state index contributed by atoms with van der Waals surface area (Å²) in [5.41, 5.74) is 0.982. The molecule has 0 unspecified atom stereocenters. The highest BCUT2D eigenvalue weighted by Gasteiger charge is 2.23. The van der Waals surface area contributed by atoms with Gasteiger partial charge < -0.3 is 49.3 Å². The number of hydrogen-bond donors (Lipinski definition) is 4. The summed E-state index contributed by atoms with van der Waals surface area (Å²) in [6, 6.07) is 5.45. The van der Waals surface area contributed by atoms with Gasteiger partial charge in [0.15, 0.2) is 0 Å². The second-order valence-corrected chi connectivity index (χ2v) is 14.3. The highest BCUT2D eigenvalue weighted by atomic mass is 16.6. The maximum atomic E-state index is 13.3. The van der Waals surface area contributed by atoms with E-state index in [0.717, 1.165) is 25.9 Å². The largest absolute Gasteiger partial charge is 0.351 e. The molecular weight excluding hydrogens is 740 g/mol. The van der Waals surface area contributed by atoms with Crippen LogP contribution in [0.3, 0.4) is 0 Å². The van der Waals surface area contributed by atoms with Crippen LogP contribution in [0, 0.1) is 20.2 Å². The van der Waals surface area contributed by atoms with Gasteiger partial charge >= 0.3 is 0 Å². The first-order chi connectivity index (χ1) is 27.0. The topological polar surface area (TPSA) is 229 Å². The van der Waals surface area contributed by atoms with Crippen molar-refractivity contribution in [3.63, 3.8) is 0 Å². The van der Waals surface area contributed by atoms with Gasteiger partial charge in [0.25, 0.3) is 35.0 Å². The predicted molar refractivity (Wildman–Crippen MR) is 214 cm³/mol. The zero-order valence-electron chi connectivity index (χ0n) is 33.2. The number of nitrogens with zero attached hydrogens (tertiary/aromatic N) is 8. The summed E-state index contributed by atoms with van der Waals surface area (Å²) < 4.78 is 6.15. The first-order valence-electron chi connectivity index (χ1n) is 18.5. The molecule has 308 valence electrons. The summed E-state index contributed by atoms with van der Waals surface area (Å²) >= 11 is 0. The Morgan fingerprint density at radius 1 is 0.561 bits per heavy atom. The SMILES string of the molecule is CN(C)CCCNC(=O)c1cc(NC(=O)c2cc([N+](=O)[O-])cn2CCCCCn2cc([N+](=O)[O-])cc2C(=O)Nc2cc(C(=O)NCCCN(C)C)n(C)c2)cn1C. The number of nitro groups is 2. The Hall–Kier alpha value is -6.28. The third kappa shape index (κ3) is 12.4. The van der Waals surface area contributed by atoms with Gasteiger partial charge in [-0.25, -0.2) is 0 Å². The molecule has 4 amide bonds. The second-order valence-electron chi connectivity index (χ2n) is 14.3. The van der Waals surface area contributed by atoms with Crippen LogP contribution < -0.4 is 21.3 Å². The molecule has 4 N–H and O–H groups in total. The fraction of sp³-hybridized carbons (Fsp3) is 0.459. The van der Waals surface area contributed by atoms with E-state index in [4.69, 9.17) is 0 Å². The van der Waals surface area contributed by atoms with Gasteiger partial charge in [-0.05, 0) is 85.5 Å². The standard InChI is InChI=1S/C37H52N12O8/c1-42(2)14-10-12-38-34(50)30-18-26(22-44(30)5)40-36(52)32-20-28(48(54)55)24-46(32)16-8-7-9-17-47-25-29(49(56)57)21-33(47)37(53)41-27-19-31(45(6)23-27)35(51)39-13-11-15-43(3)4/h18-25H,7-17H2,1-6H3,(H,38,50)(H,39,51)(H,40,52)(H,41,53). The van der Waals surface area contributed by atoms with Crippen LogP contribution in [0.5, 0.6) is 0 Å². The number of anilines is 2. The molecule has 0 spiro atoms. The Kier molecular flexibility index (Phi) is 15.3. The summed E-state index contributed by atoms with van der Waals surface area (Å²) in [6.45, 7) is 3.11. The number of carbonyl (C=O) groups excluding carboxylic acids is 4. The zero-order chi connectivity index (χ0) is 41.8. The lowest BCUT2D eigenvalue weighted by Crippen LogP contribution is -2.28. The maximum Gasteiger partial charge on any atom is 0.287 e. The van der Waals surface area contributed by atoms with E-state index < -0.39 is 21.7 Å². The minimum atomic E-state index is -0.590. The van der Waals surface area contributed by atoms with Crippen LogP contribution in [-0.2, 0) is 27.2 Å². The highest BCUT2D eigenvalue weighted by Crippen LogP contribution is 2.23. The third-order valence-corrected chi connectivity index (χ3v) is 9.08. The molecule has 0 atom stereocenters. The van der Waals surface area contributed by atoms with Crippen molar-refractivity contribution in [3.05, 3.63) is 92.1 Å². The molecule has 20 heteroatoms. The smallest absolute Gasteiger partial charge is 0.287 e. The monoisotopic (exact) mass is 792 g/mol. The fourth-order valence-corrected chi connectivity index (χ4v) is 6.16. The minimum Gasteiger partial charge on any atom is -0.351 e. The Bertz CT molecular complexity index is 1930. The Labute approximate surface area is 330 Å². The van der Waals surface area contributed by atoms with E-state index in [2.05, 4.69) is 21.3 Å². The Balaban J connectivity index is 1.35. The molecule has 4 rings (SSSR count). The molecule has 0 aromatic carbocycles. The Morgan fingerprint density at radius 2 is 0.947 bits per heavy atom. The molecule has 20 nitrogen and oxygen atoms in total. The van der Waals surface area contributed by atoms with Crippen molar-refractivity contribution < 1.29 is 29.0 Å². The predicted octanol–water partition coefficient (Wildman–Crippen LogP) is 3.52. The average molecular weight is 793 g/mol. The second kappa shape index (κ2) is 20.1. The molecule has 0 saturated carbocycles. The zero-order valence-corrected chi connectivity index (χ0v) is 33.2. The highest BCUT2D eigenvalue weighted by molar-refractivity contribution is 6.05. The van der Waals surface area contributed by atoms with Gasteiger partial charge in [0.2, 0.25) is 0 Å². The van der Waals surface area contributed by atoms with Crippen LogP contribution in [0.15, 0.2) is 49.1 Å². The molecule has 4 heterocycles. The van der Waals surface area contributed by atoms with E-state index in [0.29, 0.717) is 55.1 Å². The molecule has 0 saturated heterocycles. The molecule has 0 aliphatic heterocycles. The number of nitrogens with one attached hydrogen (secondary N) is 4. The first-order valence-corrected chi connectivity index (χ1v) is 18.5. The van der Waals surface area contributed by atoms with Gasteiger partial charge in [-0.3, -0.25) is 39.4 Å². The number of rotatable bonds is 22. The molecule has 0 fully saturated rings. The lowest BCUT2D eigenvalue weighted by atomic mass is 10.2. The number of hydrogen-bond acceptors (Lipinski definition) is 10. The summed E-state index contributed by atoms with van der Waals surface area (Å²) in [5, 5.41) is 34.4. The fourth-order valence-electron chi connectivity index (χ4n) is 6.16. The van der Waals surface area contributed by atoms with Crippen LogP contribution in [0.2, 0.25) is 0 Å². The van der Waals surface area contributed by atoms with Crippen molar-refractivity contribution in [1.82, 2.24) is 38.7 Å². The lowest BCUT2D eigenvalue weighted by Gasteiger charge is -2.10. The maximum absolute atomic E-state index is 13.3. The van der Waals surface area contributed by atoms with Gasteiger partial charge in [0.05, 0.1) is 33.6 Å². The summed E-state index contributed by atoms with van der Waals surface area (Å²) in [6.07, 6.45) is 8.81. The van der Waals surface area contributed by atoms with E-state index in [1.165, 1.54) is 45.8 Å². The Morgan fingerprint density at radius 3 is 1.30 bits per heavy atom. The summed E-state index contributed by atoms with van der Waals surface area (Å²) in [7, 11) is 11.1. The molecule has 4 aromatic rings. The number of aryl methyl sites for hydroxylation is 4. The number of aromatic nitrogens is 4. The molecule has 57 heavy (non-hydrogen) atoms. The van der Waals surface area contributed by atoms with Crippen molar-refractivity contribution in [2.24, 2.45) is 14.1 Å². The van der Waals surface area contributed by atoms with Crippen LogP contribution in [0.1, 0.15) is 74.1 Å². The van der Waals surface area contributed by atoms with Crippen molar-refractivity contribution in [2.75, 3.05) is 65.0 Å². The molecule has 0 radical (unpaired) electrons. The average Bonchev–Trinajstić information content (AvgIpc) is 3.93. The number of unbranched alkanes of at least 4 members (excludes halogenated alkanes) is 2. The molecule has 0 aliphatic rings. The number of carbonyl (C=O) groups is 4. The summed E-state index contributed by atoms with van der Waals surface area (Å²) in [4.78, 5) is 78.2. The van der Waals surface area contributed by atoms with Crippen molar-refractivity contribution in [3.8, 4) is 0 Å². The first kappa shape index (κ1) is 43.4. The minimum absolute atomic E-state index is 0.0612. The van der Waals surface area contributed by atoms with Gasteiger partial charge in [-0.2, -0.15) is 0 Å². The van der Waals surface area contributed by atoms with Gasteiger partial charge in [0.1, 0.15) is 22.8 Å². The van der Waals surface area contributed by atoms with Crippen LogP contribution >= 0.6 is 0 Å². The third-order valence-electron chi connectivity index (χ3n) is 9.08. The van der Waals surface area contributed by atoms with Crippen molar-refractivity contribution in [1.29, 1.82) is 0 Å². The van der Waals surface area contributed by atoms with Gasteiger partial charge in [-0.15, -0.1) is 0 Å². The van der Waals surface area contributed by atoms with Crippen LogP contribution in [-0.4, -0.2) is 116 Å². The van der Waals surface area contributed by atoms with Gasteiger partial charge in [0, 0.05) is 64.8 Å². The molecule has 4 aromatic heterocycles. The van der Waals surface area contributed by atoms with Crippen LogP contribution in [0.25, 0.3) is 0 Å². The molecule has 0 bridgehead atoms. The van der Waals surface area contributed by atoms with E-state index in [1.54, 1.807) is 35.6 Å². The normalized spacial score (nSPS) is 11.2. The van der Waals surface area contributed by atoms with E-state index >= 15 is 0 Å².